The molecule has 0 unspecified atom stereocenters. The van der Waals surface area contributed by atoms with E-state index in [1.54, 1.807) is 23.0 Å². The van der Waals surface area contributed by atoms with Crippen molar-refractivity contribution in [3.8, 4) is 0 Å². The summed E-state index contributed by atoms with van der Waals surface area (Å²) >= 11 is 1.50. The molecule has 0 radical (unpaired) electrons. The van der Waals surface area contributed by atoms with E-state index in [-0.39, 0.29) is 22.9 Å². The lowest BCUT2D eigenvalue weighted by molar-refractivity contribution is -0.141. The minimum atomic E-state index is -4.73. The van der Waals surface area contributed by atoms with Gasteiger partial charge >= 0.3 is 6.18 Å². The number of alkyl halides is 3. The van der Waals surface area contributed by atoms with Crippen molar-refractivity contribution in [2.45, 2.75) is 49.4 Å². The number of aryl methyl sites for hydroxylation is 1. The van der Waals surface area contributed by atoms with E-state index in [1.807, 2.05) is 26.1 Å². The Kier molecular flexibility index (Phi) is 6.75. The van der Waals surface area contributed by atoms with Gasteiger partial charge in [0.05, 0.1) is 5.60 Å². The summed E-state index contributed by atoms with van der Waals surface area (Å²) in [4.78, 5) is 16.3. The number of hydrogen-bond donors (Lipinski definition) is 1. The first kappa shape index (κ1) is 23.9. The number of Topliss-reactive ketones (excluding diaryl/α,β-unsaturated/α-hetero) is 1. The smallest absolute Gasteiger partial charge is 0.386 e. The lowest BCUT2D eigenvalue weighted by Gasteiger charge is -2.20. The monoisotopic (exact) mass is 464 g/mol. The SMILES string of the molecule is C[C@H](Sc1nncn1C)c1cccc(CC(=O)c2cc(C(C)(C)O)cc(C(F)(F)F)n2)c1. The molecule has 0 aliphatic carbocycles. The second kappa shape index (κ2) is 9.03. The van der Waals surface area contributed by atoms with Crippen molar-refractivity contribution >= 4 is 17.5 Å². The van der Waals surface area contributed by atoms with Gasteiger partial charge in [-0.15, -0.1) is 10.2 Å². The number of rotatable bonds is 7. The van der Waals surface area contributed by atoms with Crippen LogP contribution in [0.25, 0.3) is 0 Å². The number of pyridine rings is 1. The molecule has 1 N–H and O–H groups in total. The fourth-order valence-corrected chi connectivity index (χ4v) is 3.92. The second-order valence-corrected chi connectivity index (χ2v) is 9.32. The number of ketones is 1. The maximum Gasteiger partial charge on any atom is 0.433 e. The summed E-state index contributed by atoms with van der Waals surface area (Å²) in [6.07, 6.45) is -3.24. The number of hydrogen-bond acceptors (Lipinski definition) is 6. The first-order valence-electron chi connectivity index (χ1n) is 9.79. The number of carbonyl (C=O) groups excluding carboxylic acids is 1. The largest absolute Gasteiger partial charge is 0.433 e. The Labute approximate surface area is 187 Å². The lowest BCUT2D eigenvalue weighted by atomic mass is 9.95. The molecular weight excluding hydrogens is 441 g/mol. The average molecular weight is 465 g/mol. The maximum atomic E-state index is 13.3. The molecule has 0 fully saturated rings. The molecule has 0 aliphatic rings. The van der Waals surface area contributed by atoms with Crippen LogP contribution in [0.1, 0.15) is 58.9 Å². The summed E-state index contributed by atoms with van der Waals surface area (Å²) in [5, 5.41) is 18.8. The highest BCUT2D eigenvalue weighted by atomic mass is 32.2. The third-order valence-corrected chi connectivity index (χ3v) is 6.05. The van der Waals surface area contributed by atoms with Crippen LogP contribution < -0.4 is 0 Å². The molecular formula is C22H23F3N4O2S. The predicted octanol–water partition coefficient (Wildman–Crippen LogP) is 4.74. The number of aromatic nitrogens is 4. The Morgan fingerprint density at radius 2 is 1.94 bits per heavy atom. The van der Waals surface area contributed by atoms with Gasteiger partial charge in [0.1, 0.15) is 17.7 Å². The fourth-order valence-electron chi connectivity index (χ4n) is 3.01. The second-order valence-electron chi connectivity index (χ2n) is 8.01. The van der Waals surface area contributed by atoms with Crippen LogP contribution in [0.15, 0.2) is 47.9 Å². The number of nitrogens with zero attached hydrogens (tertiary/aromatic N) is 4. The predicted molar refractivity (Wildman–Crippen MR) is 114 cm³/mol. The third-order valence-electron chi connectivity index (χ3n) is 4.85. The summed E-state index contributed by atoms with van der Waals surface area (Å²) < 4.78 is 41.6. The normalized spacial score (nSPS) is 13.2. The standard InChI is InChI=1S/C22H23F3N4O2S/c1-13(32-20-28-26-12-29(20)4)15-7-5-6-14(8-15)9-18(30)17-10-16(21(2,3)31)11-19(27-17)22(23,24)25/h5-8,10-13,31H,9H2,1-4H3/t13-/m0/s1. The lowest BCUT2D eigenvalue weighted by Crippen LogP contribution is -2.21. The molecule has 0 saturated heterocycles. The average Bonchev–Trinajstić information content (AvgIpc) is 3.11. The van der Waals surface area contributed by atoms with E-state index in [0.29, 0.717) is 5.56 Å². The highest BCUT2D eigenvalue weighted by molar-refractivity contribution is 7.99. The van der Waals surface area contributed by atoms with E-state index in [9.17, 15) is 23.1 Å². The first-order valence-corrected chi connectivity index (χ1v) is 10.7. The van der Waals surface area contributed by atoms with Crippen molar-refractivity contribution < 1.29 is 23.1 Å². The molecule has 170 valence electrons. The number of halogens is 3. The molecule has 0 bridgehead atoms. The van der Waals surface area contributed by atoms with Gasteiger partial charge in [-0.2, -0.15) is 13.2 Å². The zero-order valence-electron chi connectivity index (χ0n) is 18.0. The van der Waals surface area contributed by atoms with Crippen molar-refractivity contribution in [1.29, 1.82) is 0 Å². The van der Waals surface area contributed by atoms with Crippen LogP contribution in [-0.2, 0) is 25.2 Å². The number of aliphatic hydroxyl groups is 1. The fraction of sp³-hybridized carbons (Fsp3) is 0.364. The van der Waals surface area contributed by atoms with Crippen molar-refractivity contribution in [3.05, 3.63) is 70.8 Å². The zero-order chi connectivity index (χ0) is 23.7. The van der Waals surface area contributed by atoms with E-state index in [2.05, 4.69) is 15.2 Å². The summed E-state index contributed by atoms with van der Waals surface area (Å²) in [6.45, 7) is 4.71. The molecule has 2 aromatic heterocycles. The molecule has 1 atom stereocenters. The molecule has 0 amide bonds. The van der Waals surface area contributed by atoms with Crippen molar-refractivity contribution in [2.24, 2.45) is 7.05 Å². The molecule has 0 saturated carbocycles. The van der Waals surface area contributed by atoms with E-state index in [4.69, 9.17) is 0 Å². The van der Waals surface area contributed by atoms with Crippen LogP contribution in [0.3, 0.4) is 0 Å². The summed E-state index contributed by atoms with van der Waals surface area (Å²) in [5.74, 6) is -0.563. The Hall–Kier alpha value is -2.72. The molecule has 32 heavy (non-hydrogen) atoms. The van der Waals surface area contributed by atoms with E-state index >= 15 is 0 Å². The van der Waals surface area contributed by atoms with Gasteiger partial charge in [0, 0.05) is 18.7 Å². The van der Waals surface area contributed by atoms with Crippen LogP contribution >= 0.6 is 11.8 Å². The van der Waals surface area contributed by atoms with Gasteiger partial charge in [0.15, 0.2) is 10.9 Å². The van der Waals surface area contributed by atoms with Gasteiger partial charge in [-0.1, -0.05) is 36.0 Å². The number of thioether (sulfide) groups is 1. The van der Waals surface area contributed by atoms with Crippen molar-refractivity contribution in [1.82, 2.24) is 19.7 Å². The maximum absolute atomic E-state index is 13.3. The third kappa shape index (κ3) is 5.74. The first-order chi connectivity index (χ1) is 14.8. The molecule has 3 rings (SSSR count). The Balaban J connectivity index is 1.84. The summed E-state index contributed by atoms with van der Waals surface area (Å²) in [5.41, 5.74) is -1.51. The number of benzene rings is 1. The van der Waals surface area contributed by atoms with E-state index < -0.39 is 23.3 Å². The zero-order valence-corrected chi connectivity index (χ0v) is 18.8. The molecule has 0 aliphatic heterocycles. The van der Waals surface area contributed by atoms with Gasteiger partial charge < -0.3 is 9.67 Å². The molecule has 2 heterocycles. The molecule has 1 aromatic carbocycles. The molecule has 3 aromatic rings. The van der Waals surface area contributed by atoms with Crippen LogP contribution in [-0.4, -0.2) is 30.6 Å². The van der Waals surface area contributed by atoms with Crippen LogP contribution in [0, 0.1) is 0 Å². The van der Waals surface area contributed by atoms with Gasteiger partial charge in [-0.3, -0.25) is 4.79 Å². The highest BCUT2D eigenvalue weighted by Gasteiger charge is 2.35. The Bertz CT molecular complexity index is 1090. The van der Waals surface area contributed by atoms with E-state index in [1.165, 1.54) is 31.7 Å². The van der Waals surface area contributed by atoms with Gasteiger partial charge in [-0.05, 0) is 49.6 Å². The summed E-state index contributed by atoms with van der Waals surface area (Å²) in [7, 11) is 1.84. The molecule has 10 heteroatoms. The van der Waals surface area contributed by atoms with Crippen molar-refractivity contribution in [2.75, 3.05) is 0 Å². The quantitative estimate of drug-likeness (QED) is 0.402. The number of carbonyl (C=O) groups is 1. The van der Waals surface area contributed by atoms with Gasteiger partial charge in [0.25, 0.3) is 0 Å². The van der Waals surface area contributed by atoms with Gasteiger partial charge in [-0.25, -0.2) is 4.98 Å². The molecule has 6 nitrogen and oxygen atoms in total. The topological polar surface area (TPSA) is 80.9 Å². The Morgan fingerprint density at radius 3 is 2.53 bits per heavy atom. The van der Waals surface area contributed by atoms with Crippen LogP contribution in [0.5, 0.6) is 0 Å². The summed E-state index contributed by atoms with van der Waals surface area (Å²) in [6, 6.07) is 9.28. The van der Waals surface area contributed by atoms with Crippen molar-refractivity contribution in [3.63, 3.8) is 0 Å². The minimum absolute atomic E-state index is 0.0152. The van der Waals surface area contributed by atoms with E-state index in [0.717, 1.165) is 16.8 Å². The molecule has 0 spiro atoms. The van der Waals surface area contributed by atoms with Crippen LogP contribution in [0.2, 0.25) is 0 Å². The highest BCUT2D eigenvalue weighted by Crippen LogP contribution is 2.34. The van der Waals surface area contributed by atoms with Gasteiger partial charge in [0.2, 0.25) is 0 Å². The minimum Gasteiger partial charge on any atom is -0.386 e. The Morgan fingerprint density at radius 1 is 1.22 bits per heavy atom. The van der Waals surface area contributed by atoms with Crippen LogP contribution in [0.4, 0.5) is 13.2 Å².